The fraction of sp³-hybridized carbons (Fsp3) is 0.300. The average Bonchev–Trinajstić information content (AvgIpc) is 2.17. The van der Waals surface area contributed by atoms with Crippen molar-refractivity contribution in [2.24, 2.45) is 0 Å². The van der Waals surface area contributed by atoms with Gasteiger partial charge in [0.15, 0.2) is 0 Å². The predicted molar refractivity (Wildman–Crippen MR) is 56.2 cm³/mol. The van der Waals surface area contributed by atoms with Crippen LogP contribution in [0.4, 0.5) is 0 Å². The smallest absolute Gasteiger partial charge is 0.339 e. The topological polar surface area (TPSA) is 35.5 Å². The number of ether oxygens (including phenoxy) is 2. The Balaban J connectivity index is 2.94. The molecule has 0 fully saturated rings. The number of methoxy groups -OCH3 is 1. The number of carbonyl (C=O) groups is 1. The first-order chi connectivity index (χ1) is 6.69. The molecule has 0 aliphatic rings. The number of hydrogen-bond acceptors (Lipinski definition) is 4. The van der Waals surface area contributed by atoms with Crippen LogP contribution in [0.15, 0.2) is 23.1 Å². The Morgan fingerprint density at radius 1 is 1.50 bits per heavy atom. The summed E-state index contributed by atoms with van der Waals surface area (Å²) in [5.41, 5.74) is 0.455. The molecule has 0 N–H and O–H groups in total. The first-order valence-corrected chi connectivity index (χ1v) is 4.68. The Morgan fingerprint density at radius 3 is 2.71 bits per heavy atom. The van der Waals surface area contributed by atoms with Crippen molar-refractivity contribution >= 4 is 18.6 Å². The highest BCUT2D eigenvalue weighted by Crippen LogP contribution is 2.21. The van der Waals surface area contributed by atoms with E-state index in [0.29, 0.717) is 22.8 Å². The third-order valence-corrected chi connectivity index (χ3v) is 2.07. The quantitative estimate of drug-likeness (QED) is 0.616. The van der Waals surface area contributed by atoms with E-state index in [9.17, 15) is 4.79 Å². The van der Waals surface area contributed by atoms with Crippen LogP contribution in [0.5, 0.6) is 5.75 Å². The van der Waals surface area contributed by atoms with Crippen LogP contribution in [-0.4, -0.2) is 19.7 Å². The fourth-order valence-electron chi connectivity index (χ4n) is 1.02. The highest BCUT2D eigenvalue weighted by atomic mass is 32.1. The molecule has 3 nitrogen and oxygen atoms in total. The van der Waals surface area contributed by atoms with Gasteiger partial charge in [0, 0.05) is 4.90 Å². The Labute approximate surface area is 88.4 Å². The van der Waals surface area contributed by atoms with E-state index >= 15 is 0 Å². The number of rotatable bonds is 3. The first-order valence-electron chi connectivity index (χ1n) is 4.23. The van der Waals surface area contributed by atoms with Gasteiger partial charge in [-0.2, -0.15) is 0 Å². The second kappa shape index (κ2) is 4.91. The van der Waals surface area contributed by atoms with Gasteiger partial charge in [-0.3, -0.25) is 0 Å². The molecule has 4 heteroatoms. The molecule has 0 aromatic heterocycles. The van der Waals surface area contributed by atoms with Gasteiger partial charge in [-0.15, -0.1) is 12.6 Å². The molecule has 1 aromatic carbocycles. The third-order valence-electron chi connectivity index (χ3n) is 1.70. The summed E-state index contributed by atoms with van der Waals surface area (Å²) in [4.78, 5) is 11.9. The number of thiol groups is 1. The lowest BCUT2D eigenvalue weighted by Gasteiger charge is -2.06. The molecule has 14 heavy (non-hydrogen) atoms. The van der Waals surface area contributed by atoms with Crippen LogP contribution >= 0.6 is 12.6 Å². The Bertz CT molecular complexity index is 336. The number of esters is 1. The van der Waals surface area contributed by atoms with Gasteiger partial charge in [-0.25, -0.2) is 4.79 Å². The van der Waals surface area contributed by atoms with Crippen molar-refractivity contribution in [3.05, 3.63) is 23.8 Å². The fourth-order valence-corrected chi connectivity index (χ4v) is 1.31. The zero-order valence-electron chi connectivity index (χ0n) is 8.11. The van der Waals surface area contributed by atoms with E-state index < -0.39 is 0 Å². The van der Waals surface area contributed by atoms with Gasteiger partial charge in [-0.1, -0.05) is 0 Å². The first kappa shape index (κ1) is 10.9. The van der Waals surface area contributed by atoms with Gasteiger partial charge in [0.25, 0.3) is 0 Å². The van der Waals surface area contributed by atoms with E-state index in [0.717, 1.165) is 0 Å². The minimum Gasteiger partial charge on any atom is -0.497 e. The molecule has 0 spiro atoms. The Kier molecular flexibility index (Phi) is 3.83. The van der Waals surface area contributed by atoms with Gasteiger partial charge in [0.05, 0.1) is 19.3 Å². The molecule has 0 radical (unpaired) electrons. The summed E-state index contributed by atoms with van der Waals surface area (Å²) in [6.45, 7) is 2.12. The van der Waals surface area contributed by atoms with Crippen molar-refractivity contribution in [1.82, 2.24) is 0 Å². The highest BCUT2D eigenvalue weighted by molar-refractivity contribution is 7.80. The Morgan fingerprint density at radius 2 is 2.21 bits per heavy atom. The van der Waals surface area contributed by atoms with Gasteiger partial charge in [0.2, 0.25) is 0 Å². The normalized spacial score (nSPS) is 9.64. The zero-order chi connectivity index (χ0) is 10.6. The molecule has 0 saturated heterocycles. The van der Waals surface area contributed by atoms with E-state index in [2.05, 4.69) is 12.6 Å². The van der Waals surface area contributed by atoms with E-state index in [1.807, 2.05) is 0 Å². The summed E-state index contributed by atoms with van der Waals surface area (Å²) >= 11 is 4.17. The lowest BCUT2D eigenvalue weighted by Crippen LogP contribution is -2.05. The molecule has 0 bridgehead atoms. The van der Waals surface area contributed by atoms with Crippen molar-refractivity contribution in [2.75, 3.05) is 13.7 Å². The maximum absolute atomic E-state index is 11.4. The SMILES string of the molecule is CCOC(=O)c1ccc(OC)cc1S. The maximum atomic E-state index is 11.4. The standard InChI is InChI=1S/C10H12O3S/c1-3-13-10(11)8-5-4-7(12-2)6-9(8)14/h4-6,14H,3H2,1-2H3. The molecule has 1 rings (SSSR count). The lowest BCUT2D eigenvalue weighted by atomic mass is 10.2. The molecular formula is C10H12O3S. The maximum Gasteiger partial charge on any atom is 0.339 e. The molecule has 76 valence electrons. The summed E-state index contributed by atoms with van der Waals surface area (Å²) in [5, 5.41) is 0. The molecule has 0 atom stereocenters. The summed E-state index contributed by atoms with van der Waals surface area (Å²) in [6.07, 6.45) is 0. The van der Waals surface area contributed by atoms with Crippen molar-refractivity contribution in [3.8, 4) is 5.75 Å². The molecule has 0 saturated carbocycles. The van der Waals surface area contributed by atoms with Crippen LogP contribution in [0.3, 0.4) is 0 Å². The molecule has 0 aliphatic carbocycles. The van der Waals surface area contributed by atoms with Crippen LogP contribution in [0.25, 0.3) is 0 Å². The number of carbonyl (C=O) groups excluding carboxylic acids is 1. The van der Waals surface area contributed by atoms with E-state index in [1.165, 1.54) is 0 Å². The number of benzene rings is 1. The summed E-state index contributed by atoms with van der Waals surface area (Å²) in [6, 6.07) is 5.01. The third kappa shape index (κ3) is 2.42. The number of hydrogen-bond donors (Lipinski definition) is 1. The summed E-state index contributed by atoms with van der Waals surface area (Å²) in [5.74, 6) is 0.309. The molecule has 0 unspecified atom stereocenters. The Hall–Kier alpha value is -1.16. The summed E-state index contributed by atoms with van der Waals surface area (Å²) in [7, 11) is 1.56. The van der Waals surface area contributed by atoms with Crippen LogP contribution < -0.4 is 4.74 Å². The van der Waals surface area contributed by atoms with Crippen molar-refractivity contribution in [3.63, 3.8) is 0 Å². The van der Waals surface area contributed by atoms with Gasteiger partial charge < -0.3 is 9.47 Å². The van der Waals surface area contributed by atoms with E-state index in [4.69, 9.17) is 9.47 Å². The van der Waals surface area contributed by atoms with Crippen LogP contribution in [0.1, 0.15) is 17.3 Å². The lowest BCUT2D eigenvalue weighted by molar-refractivity contribution is 0.0522. The molecule has 0 aliphatic heterocycles. The zero-order valence-corrected chi connectivity index (χ0v) is 9.01. The minimum absolute atomic E-state index is 0.359. The van der Waals surface area contributed by atoms with Gasteiger partial charge in [-0.05, 0) is 25.1 Å². The van der Waals surface area contributed by atoms with Crippen molar-refractivity contribution in [1.29, 1.82) is 0 Å². The largest absolute Gasteiger partial charge is 0.497 e. The van der Waals surface area contributed by atoms with Crippen LogP contribution in [0, 0.1) is 0 Å². The average molecular weight is 212 g/mol. The summed E-state index contributed by atoms with van der Waals surface area (Å²) < 4.78 is 9.84. The molecule has 0 amide bonds. The van der Waals surface area contributed by atoms with Gasteiger partial charge >= 0.3 is 5.97 Å². The van der Waals surface area contributed by atoms with Crippen molar-refractivity contribution in [2.45, 2.75) is 11.8 Å². The minimum atomic E-state index is -0.361. The van der Waals surface area contributed by atoms with Crippen molar-refractivity contribution < 1.29 is 14.3 Å². The molecular weight excluding hydrogens is 200 g/mol. The molecule has 1 aromatic rings. The highest BCUT2D eigenvalue weighted by Gasteiger charge is 2.10. The molecule has 0 heterocycles. The van der Waals surface area contributed by atoms with Gasteiger partial charge in [0.1, 0.15) is 5.75 Å². The monoisotopic (exact) mass is 212 g/mol. The van der Waals surface area contributed by atoms with Crippen LogP contribution in [0.2, 0.25) is 0 Å². The van der Waals surface area contributed by atoms with E-state index in [1.54, 1.807) is 32.2 Å². The van der Waals surface area contributed by atoms with E-state index in [-0.39, 0.29) is 5.97 Å². The van der Waals surface area contributed by atoms with Crippen LogP contribution in [-0.2, 0) is 4.74 Å². The second-order valence-electron chi connectivity index (χ2n) is 2.60. The predicted octanol–water partition coefficient (Wildman–Crippen LogP) is 2.16. The second-order valence-corrected chi connectivity index (χ2v) is 3.09.